The van der Waals surface area contributed by atoms with Gasteiger partial charge in [0.25, 0.3) is 5.69 Å². The zero-order chi connectivity index (χ0) is 20.3. The van der Waals surface area contributed by atoms with Crippen molar-refractivity contribution in [3.63, 3.8) is 0 Å². The standard InChI is InChI=1S/C18H16BrN5O3S/c1-11-9-14(24(26)27)7-8-15(11)20-16(25)10-28-18-22-21-17(23(18)2)12-3-5-13(19)6-4-12/h3-9H,10H2,1-2H3,(H,20,25). The van der Waals surface area contributed by atoms with Crippen molar-refractivity contribution < 1.29 is 9.72 Å². The molecular weight excluding hydrogens is 446 g/mol. The van der Waals surface area contributed by atoms with E-state index in [0.717, 1.165) is 10.0 Å². The molecule has 0 saturated carbocycles. The quantitative estimate of drug-likeness (QED) is 0.335. The first-order valence-electron chi connectivity index (χ1n) is 8.18. The Balaban J connectivity index is 1.64. The van der Waals surface area contributed by atoms with Gasteiger partial charge in [-0.15, -0.1) is 10.2 Å². The molecule has 0 aliphatic heterocycles. The zero-order valence-electron chi connectivity index (χ0n) is 15.0. The average Bonchev–Trinajstić information content (AvgIpc) is 3.03. The summed E-state index contributed by atoms with van der Waals surface area (Å²) in [5, 5.41) is 22.5. The Morgan fingerprint density at radius 1 is 1.25 bits per heavy atom. The summed E-state index contributed by atoms with van der Waals surface area (Å²) in [6.07, 6.45) is 0. The number of nitrogens with one attached hydrogen (secondary N) is 1. The van der Waals surface area contributed by atoms with Crippen LogP contribution in [0.1, 0.15) is 5.56 Å². The van der Waals surface area contributed by atoms with Gasteiger partial charge in [-0.3, -0.25) is 14.9 Å². The minimum Gasteiger partial charge on any atom is -0.325 e. The van der Waals surface area contributed by atoms with Gasteiger partial charge in [0, 0.05) is 34.9 Å². The highest BCUT2D eigenvalue weighted by molar-refractivity contribution is 9.10. The van der Waals surface area contributed by atoms with Crippen LogP contribution in [0, 0.1) is 17.0 Å². The van der Waals surface area contributed by atoms with E-state index >= 15 is 0 Å². The predicted octanol–water partition coefficient (Wildman–Crippen LogP) is 4.19. The normalized spacial score (nSPS) is 10.7. The molecule has 1 N–H and O–H groups in total. The Morgan fingerprint density at radius 2 is 1.96 bits per heavy atom. The molecule has 2 aromatic carbocycles. The van der Waals surface area contributed by atoms with Gasteiger partial charge in [0.05, 0.1) is 10.7 Å². The number of aromatic nitrogens is 3. The number of hydrogen-bond donors (Lipinski definition) is 1. The summed E-state index contributed by atoms with van der Waals surface area (Å²) in [4.78, 5) is 22.6. The summed E-state index contributed by atoms with van der Waals surface area (Å²) in [6, 6.07) is 12.1. The molecule has 1 aromatic heterocycles. The molecule has 144 valence electrons. The minimum absolute atomic E-state index is 0.00979. The van der Waals surface area contributed by atoms with Gasteiger partial charge in [-0.2, -0.15) is 0 Å². The van der Waals surface area contributed by atoms with Crippen LogP contribution in [0.3, 0.4) is 0 Å². The summed E-state index contributed by atoms with van der Waals surface area (Å²) in [6.45, 7) is 1.71. The number of anilines is 1. The maximum absolute atomic E-state index is 12.3. The van der Waals surface area contributed by atoms with Crippen molar-refractivity contribution in [1.82, 2.24) is 14.8 Å². The molecule has 0 saturated heterocycles. The fraction of sp³-hybridized carbons (Fsp3) is 0.167. The lowest BCUT2D eigenvalue weighted by molar-refractivity contribution is -0.384. The lowest BCUT2D eigenvalue weighted by Gasteiger charge is -2.08. The molecule has 0 bridgehead atoms. The van der Waals surface area contributed by atoms with Crippen LogP contribution >= 0.6 is 27.7 Å². The molecular formula is C18H16BrN5O3S. The van der Waals surface area contributed by atoms with Crippen molar-refractivity contribution in [2.24, 2.45) is 7.05 Å². The van der Waals surface area contributed by atoms with Crippen LogP contribution < -0.4 is 5.32 Å². The molecule has 1 heterocycles. The molecule has 10 heteroatoms. The third-order valence-electron chi connectivity index (χ3n) is 3.96. The van der Waals surface area contributed by atoms with E-state index in [-0.39, 0.29) is 17.3 Å². The Morgan fingerprint density at radius 3 is 2.61 bits per heavy atom. The smallest absolute Gasteiger partial charge is 0.269 e. The van der Waals surface area contributed by atoms with E-state index in [1.165, 1.54) is 30.0 Å². The van der Waals surface area contributed by atoms with Crippen LogP contribution in [0.5, 0.6) is 0 Å². The van der Waals surface area contributed by atoms with Crippen molar-refractivity contribution in [2.45, 2.75) is 12.1 Å². The van der Waals surface area contributed by atoms with Crippen molar-refractivity contribution in [3.05, 3.63) is 62.6 Å². The summed E-state index contributed by atoms with van der Waals surface area (Å²) < 4.78 is 2.81. The third-order valence-corrected chi connectivity index (χ3v) is 5.51. The number of nitro groups is 1. The van der Waals surface area contributed by atoms with Gasteiger partial charge >= 0.3 is 0 Å². The van der Waals surface area contributed by atoms with E-state index in [1.807, 2.05) is 35.9 Å². The number of thioether (sulfide) groups is 1. The van der Waals surface area contributed by atoms with Crippen LogP contribution in [0.25, 0.3) is 11.4 Å². The fourth-order valence-electron chi connectivity index (χ4n) is 2.51. The van der Waals surface area contributed by atoms with Crippen LogP contribution in [0.15, 0.2) is 52.1 Å². The van der Waals surface area contributed by atoms with E-state index in [1.54, 1.807) is 6.92 Å². The number of nitrogens with zero attached hydrogens (tertiary/aromatic N) is 4. The van der Waals surface area contributed by atoms with Gasteiger partial charge in [-0.05, 0) is 30.7 Å². The van der Waals surface area contributed by atoms with Crippen LogP contribution in [0.2, 0.25) is 0 Å². The number of rotatable bonds is 6. The van der Waals surface area contributed by atoms with Crippen LogP contribution in [-0.2, 0) is 11.8 Å². The van der Waals surface area contributed by atoms with E-state index in [2.05, 4.69) is 31.4 Å². The summed E-state index contributed by atoms with van der Waals surface area (Å²) >= 11 is 4.67. The highest BCUT2D eigenvalue weighted by Crippen LogP contribution is 2.25. The minimum atomic E-state index is -0.467. The Labute approximate surface area is 173 Å². The highest BCUT2D eigenvalue weighted by Gasteiger charge is 2.14. The second-order valence-corrected chi connectivity index (χ2v) is 7.82. The number of carbonyl (C=O) groups is 1. The van der Waals surface area contributed by atoms with E-state index < -0.39 is 4.92 Å². The van der Waals surface area contributed by atoms with Crippen molar-refractivity contribution >= 4 is 45.0 Å². The van der Waals surface area contributed by atoms with Gasteiger partial charge in [0.2, 0.25) is 5.91 Å². The predicted molar refractivity (Wildman–Crippen MR) is 111 cm³/mol. The van der Waals surface area contributed by atoms with Crippen molar-refractivity contribution in [3.8, 4) is 11.4 Å². The van der Waals surface area contributed by atoms with Gasteiger partial charge in [0.15, 0.2) is 11.0 Å². The molecule has 1 amide bonds. The first kappa shape index (κ1) is 20.0. The number of halogens is 1. The maximum atomic E-state index is 12.3. The van der Waals surface area contributed by atoms with Crippen LogP contribution in [0.4, 0.5) is 11.4 Å². The molecule has 0 aliphatic carbocycles. The maximum Gasteiger partial charge on any atom is 0.269 e. The molecule has 8 nitrogen and oxygen atoms in total. The van der Waals surface area contributed by atoms with E-state index in [4.69, 9.17) is 0 Å². The fourth-order valence-corrected chi connectivity index (χ4v) is 3.48. The molecule has 0 aliphatic rings. The molecule has 0 fully saturated rings. The molecule has 0 atom stereocenters. The number of carbonyl (C=O) groups excluding carboxylic acids is 1. The lowest BCUT2D eigenvalue weighted by Crippen LogP contribution is -2.15. The highest BCUT2D eigenvalue weighted by atomic mass is 79.9. The first-order valence-corrected chi connectivity index (χ1v) is 9.96. The number of aryl methyl sites for hydroxylation is 1. The van der Waals surface area contributed by atoms with E-state index in [0.29, 0.717) is 22.2 Å². The van der Waals surface area contributed by atoms with Gasteiger partial charge in [-0.25, -0.2) is 0 Å². The third kappa shape index (κ3) is 4.57. The number of benzene rings is 2. The largest absolute Gasteiger partial charge is 0.325 e. The zero-order valence-corrected chi connectivity index (χ0v) is 17.5. The number of non-ortho nitro benzene ring substituents is 1. The number of amides is 1. The molecule has 3 rings (SSSR count). The number of nitro benzene ring substituents is 1. The molecule has 0 spiro atoms. The van der Waals surface area contributed by atoms with Crippen LogP contribution in [-0.4, -0.2) is 31.3 Å². The van der Waals surface area contributed by atoms with Gasteiger partial charge < -0.3 is 9.88 Å². The molecule has 0 radical (unpaired) electrons. The second-order valence-electron chi connectivity index (χ2n) is 5.97. The summed E-state index contributed by atoms with van der Waals surface area (Å²) in [7, 11) is 1.85. The second kappa shape index (κ2) is 8.53. The first-order chi connectivity index (χ1) is 13.3. The summed E-state index contributed by atoms with van der Waals surface area (Å²) in [5.41, 5.74) is 2.09. The Hall–Kier alpha value is -2.72. The SMILES string of the molecule is Cc1cc([N+](=O)[O-])ccc1NC(=O)CSc1nnc(-c2ccc(Br)cc2)n1C. The molecule has 3 aromatic rings. The van der Waals surface area contributed by atoms with Gasteiger partial charge in [-0.1, -0.05) is 39.8 Å². The van der Waals surface area contributed by atoms with Crippen molar-refractivity contribution in [1.29, 1.82) is 0 Å². The van der Waals surface area contributed by atoms with Gasteiger partial charge in [0.1, 0.15) is 0 Å². The lowest BCUT2D eigenvalue weighted by atomic mass is 10.2. The monoisotopic (exact) mass is 461 g/mol. The Bertz CT molecular complexity index is 1040. The average molecular weight is 462 g/mol. The topological polar surface area (TPSA) is 103 Å². The Kier molecular flexibility index (Phi) is 6.10. The molecule has 0 unspecified atom stereocenters. The summed E-state index contributed by atoms with van der Waals surface area (Å²) in [5.74, 6) is 0.625. The number of hydrogen-bond acceptors (Lipinski definition) is 6. The van der Waals surface area contributed by atoms with Crippen molar-refractivity contribution in [2.75, 3.05) is 11.1 Å². The molecule has 28 heavy (non-hydrogen) atoms. The van der Waals surface area contributed by atoms with E-state index in [9.17, 15) is 14.9 Å².